The molecule has 0 radical (unpaired) electrons. The summed E-state index contributed by atoms with van der Waals surface area (Å²) >= 11 is 0. The van der Waals surface area contributed by atoms with E-state index in [1.165, 1.54) is 12.1 Å². The first kappa shape index (κ1) is 15.6. The Kier molecular flexibility index (Phi) is 2.98. The normalized spacial score (nSPS) is 17.8. The van der Waals surface area contributed by atoms with Crippen molar-refractivity contribution >= 4 is 24.4 Å². The Bertz CT molecular complexity index is 1010. The Morgan fingerprint density at radius 2 is 1.26 bits per heavy atom. The van der Waals surface area contributed by atoms with Crippen molar-refractivity contribution in [2.75, 3.05) is 13.1 Å². The highest BCUT2D eigenvalue weighted by molar-refractivity contribution is 5.93. The van der Waals surface area contributed by atoms with Crippen molar-refractivity contribution in [3.05, 3.63) is 58.7 Å². The second-order valence-corrected chi connectivity index (χ2v) is 6.51. The zero-order valence-electron chi connectivity index (χ0n) is 14.0. The number of benzene rings is 2. The molecule has 0 bridgehead atoms. The zero-order chi connectivity index (χ0) is 18.8. The number of carbonyl (C=O) groups is 2. The summed E-state index contributed by atoms with van der Waals surface area (Å²) < 4.78 is 16.1. The Morgan fingerprint density at radius 1 is 0.815 bits per heavy atom. The molecule has 0 unspecified atom stereocenters. The van der Waals surface area contributed by atoms with E-state index in [4.69, 9.17) is 9.47 Å². The van der Waals surface area contributed by atoms with Crippen molar-refractivity contribution in [1.29, 1.82) is 0 Å². The summed E-state index contributed by atoms with van der Waals surface area (Å²) in [7, 11) is 0. The number of carboxylic acid groups (broad SMARTS) is 2. The van der Waals surface area contributed by atoms with Crippen LogP contribution in [-0.4, -0.2) is 62.9 Å². The van der Waals surface area contributed by atoms with Gasteiger partial charge in [0.2, 0.25) is 13.1 Å². The summed E-state index contributed by atoms with van der Waals surface area (Å²) in [6.45, 7) is 1.21. The minimum atomic E-state index is -1.20. The Labute approximate surface area is 152 Å². The van der Waals surface area contributed by atoms with Gasteiger partial charge in [0.25, 0.3) is 0 Å². The standard InChI is InChI=1S/C19H12N2O6/c22-17(23)11-1-3-15-13(7-11)9-20-5-6-21-10-14-8-12(18(24)25)2-4-16(14)27-19(20,21)26-15/h1-4,7-10H,5-6H2/p+2. The molecule has 3 heterocycles. The van der Waals surface area contributed by atoms with Gasteiger partial charge in [-0.25, -0.2) is 9.59 Å². The van der Waals surface area contributed by atoms with Gasteiger partial charge in [-0.05, 0) is 36.4 Å². The Hall–Kier alpha value is -3.68. The molecular weight excluding hydrogens is 352 g/mol. The van der Waals surface area contributed by atoms with Crippen LogP contribution in [0.3, 0.4) is 0 Å². The van der Waals surface area contributed by atoms with Crippen molar-refractivity contribution in [2.24, 2.45) is 0 Å². The first-order valence-electron chi connectivity index (χ1n) is 8.32. The molecule has 2 aromatic carbocycles. The number of hydrogen-bond donors (Lipinski definition) is 2. The van der Waals surface area contributed by atoms with Crippen LogP contribution in [-0.2, 0) is 0 Å². The third-order valence-electron chi connectivity index (χ3n) is 4.90. The number of carboxylic acids is 2. The molecule has 8 nitrogen and oxygen atoms in total. The lowest BCUT2D eigenvalue weighted by atomic mass is 10.1. The molecule has 2 aromatic rings. The van der Waals surface area contributed by atoms with Crippen LogP contribution in [0.4, 0.5) is 0 Å². The molecule has 1 fully saturated rings. The topological polar surface area (TPSA) is 99.1 Å². The van der Waals surface area contributed by atoms with Crippen LogP contribution in [0, 0.1) is 0 Å². The lowest BCUT2D eigenvalue weighted by molar-refractivity contribution is -0.855. The molecule has 0 amide bonds. The van der Waals surface area contributed by atoms with Gasteiger partial charge in [-0.3, -0.25) is 0 Å². The van der Waals surface area contributed by atoms with E-state index in [0.29, 0.717) is 35.7 Å². The molecule has 0 aromatic heterocycles. The number of aromatic carboxylic acids is 2. The lowest BCUT2D eigenvalue weighted by Gasteiger charge is -2.26. The number of ether oxygens (including phenoxy) is 2. The fourth-order valence-electron chi connectivity index (χ4n) is 3.58. The summed E-state index contributed by atoms with van der Waals surface area (Å²) in [4.78, 5) is 22.4. The maximum Gasteiger partial charge on any atom is 0.704 e. The number of fused-ring (bicyclic) bond motifs is 2. The van der Waals surface area contributed by atoms with Crippen LogP contribution in [0.25, 0.3) is 0 Å². The zero-order valence-corrected chi connectivity index (χ0v) is 14.0. The predicted octanol–water partition coefficient (Wildman–Crippen LogP) is 1.06. The van der Waals surface area contributed by atoms with E-state index in [1.54, 1.807) is 24.3 Å². The number of hydrogen-bond acceptors (Lipinski definition) is 4. The summed E-state index contributed by atoms with van der Waals surface area (Å²) in [5, 5.41) is 18.4. The van der Waals surface area contributed by atoms with E-state index < -0.39 is 18.0 Å². The average Bonchev–Trinajstić information content (AvgIpc) is 3.00. The molecule has 0 saturated carbocycles. The molecule has 0 aliphatic carbocycles. The van der Waals surface area contributed by atoms with Crippen molar-refractivity contribution in [2.45, 2.75) is 6.03 Å². The van der Waals surface area contributed by atoms with Gasteiger partial charge in [-0.15, -0.1) is 0 Å². The smallest absolute Gasteiger partial charge is 0.478 e. The molecule has 0 atom stereocenters. The monoisotopic (exact) mass is 366 g/mol. The first-order chi connectivity index (χ1) is 13.0. The Morgan fingerprint density at radius 3 is 1.67 bits per heavy atom. The molecule has 2 N–H and O–H groups in total. The molecule has 27 heavy (non-hydrogen) atoms. The molecule has 134 valence electrons. The summed E-state index contributed by atoms with van der Waals surface area (Å²) in [5.74, 6) is -0.968. The number of nitrogens with zero attached hydrogens (tertiary/aromatic N) is 2. The van der Waals surface area contributed by atoms with Crippen molar-refractivity contribution < 1.29 is 38.4 Å². The third kappa shape index (κ3) is 2.16. The van der Waals surface area contributed by atoms with Crippen LogP contribution in [0.1, 0.15) is 31.8 Å². The predicted molar refractivity (Wildman–Crippen MR) is 91.4 cm³/mol. The van der Waals surface area contributed by atoms with E-state index in [1.807, 2.05) is 21.6 Å². The highest BCUT2D eigenvalue weighted by Gasteiger charge is 2.68. The van der Waals surface area contributed by atoms with E-state index in [2.05, 4.69) is 0 Å². The fraction of sp³-hybridized carbons (Fsp3) is 0.158. The second kappa shape index (κ2) is 5.16. The minimum Gasteiger partial charge on any atom is -0.478 e. The van der Waals surface area contributed by atoms with Crippen molar-refractivity contribution in [1.82, 2.24) is 0 Å². The molecule has 1 saturated heterocycles. The highest BCUT2D eigenvalue weighted by Crippen LogP contribution is 2.37. The third-order valence-corrected chi connectivity index (χ3v) is 4.90. The van der Waals surface area contributed by atoms with Crippen molar-refractivity contribution in [3.63, 3.8) is 0 Å². The quantitative estimate of drug-likeness (QED) is 0.771. The minimum absolute atomic E-state index is 0.184. The molecule has 3 aliphatic rings. The van der Waals surface area contributed by atoms with Gasteiger partial charge < -0.3 is 19.7 Å². The van der Waals surface area contributed by atoms with Crippen LogP contribution < -0.4 is 9.47 Å². The molecule has 1 spiro atoms. The maximum atomic E-state index is 11.2. The Balaban J connectivity index is 1.61. The van der Waals surface area contributed by atoms with Crippen LogP contribution in [0.2, 0.25) is 0 Å². The fourth-order valence-corrected chi connectivity index (χ4v) is 3.58. The summed E-state index contributed by atoms with van der Waals surface area (Å²) in [5.41, 5.74) is 1.70. The maximum absolute atomic E-state index is 11.2. The molecular formula is C19H14N2O6+2. The largest absolute Gasteiger partial charge is 0.704 e. The van der Waals surface area contributed by atoms with E-state index in [0.717, 1.165) is 0 Å². The first-order valence-corrected chi connectivity index (χ1v) is 8.32. The van der Waals surface area contributed by atoms with E-state index in [9.17, 15) is 19.8 Å². The van der Waals surface area contributed by atoms with Crippen LogP contribution in [0.15, 0.2) is 36.4 Å². The van der Waals surface area contributed by atoms with Gasteiger partial charge >= 0.3 is 18.0 Å². The van der Waals surface area contributed by atoms with Gasteiger partial charge in [0.15, 0.2) is 23.9 Å². The SMILES string of the molecule is O=C(O)c1ccc2c(c1)C=[N+]1CC[N+]3=Cc4cc(C(=O)O)ccc4OC13O2. The molecule has 5 rings (SSSR count). The van der Waals surface area contributed by atoms with Gasteiger partial charge in [-0.2, -0.15) is 0 Å². The molecule has 3 aliphatic heterocycles. The summed E-state index contributed by atoms with van der Waals surface area (Å²) in [6.07, 6.45) is 3.66. The number of rotatable bonds is 2. The second-order valence-electron chi connectivity index (χ2n) is 6.51. The van der Waals surface area contributed by atoms with Gasteiger partial charge in [0.05, 0.1) is 22.3 Å². The van der Waals surface area contributed by atoms with Crippen molar-refractivity contribution in [3.8, 4) is 11.5 Å². The van der Waals surface area contributed by atoms with Gasteiger partial charge in [-0.1, -0.05) is 9.15 Å². The molecule has 8 heteroatoms. The van der Waals surface area contributed by atoms with E-state index in [-0.39, 0.29) is 11.1 Å². The van der Waals surface area contributed by atoms with E-state index >= 15 is 0 Å². The van der Waals surface area contributed by atoms with Crippen LogP contribution in [0.5, 0.6) is 11.5 Å². The van der Waals surface area contributed by atoms with Crippen LogP contribution >= 0.6 is 0 Å². The summed E-state index contributed by atoms with van der Waals surface area (Å²) in [6, 6.07) is 8.13. The lowest BCUT2D eigenvalue weighted by Crippen LogP contribution is -2.59. The van der Waals surface area contributed by atoms with Gasteiger partial charge in [0, 0.05) is 0 Å². The highest BCUT2D eigenvalue weighted by atomic mass is 16.7. The van der Waals surface area contributed by atoms with Gasteiger partial charge in [0.1, 0.15) is 0 Å². The average molecular weight is 366 g/mol.